The Bertz CT molecular complexity index is 897. The van der Waals surface area contributed by atoms with Gasteiger partial charge in [0.05, 0.1) is 13.2 Å². The van der Waals surface area contributed by atoms with Crippen molar-refractivity contribution in [3.8, 4) is 11.5 Å². The highest BCUT2D eigenvalue weighted by Crippen LogP contribution is 2.36. The Hall–Kier alpha value is -3.14. The van der Waals surface area contributed by atoms with Crippen molar-refractivity contribution in [3.63, 3.8) is 0 Å². The second kappa shape index (κ2) is 15.1. The van der Waals surface area contributed by atoms with Gasteiger partial charge in [-0.15, -0.1) is 0 Å². The summed E-state index contributed by atoms with van der Waals surface area (Å²) in [6.45, 7) is 11.0. The number of carboxylic acids is 1. The van der Waals surface area contributed by atoms with E-state index in [1.807, 2.05) is 34.6 Å². The predicted molar refractivity (Wildman–Crippen MR) is 132 cm³/mol. The lowest BCUT2D eigenvalue weighted by atomic mass is 9.82. The van der Waals surface area contributed by atoms with E-state index in [2.05, 4.69) is 0 Å². The van der Waals surface area contributed by atoms with Crippen LogP contribution in [0.1, 0.15) is 72.3 Å². The third kappa shape index (κ3) is 10.6. The zero-order valence-electron chi connectivity index (χ0n) is 21.9. The summed E-state index contributed by atoms with van der Waals surface area (Å²) in [5.74, 6) is -3.54. The van der Waals surface area contributed by atoms with Crippen LogP contribution in [0.3, 0.4) is 0 Å². The van der Waals surface area contributed by atoms with Gasteiger partial charge in [-0.25, -0.2) is 4.79 Å². The molecule has 36 heavy (non-hydrogen) atoms. The van der Waals surface area contributed by atoms with Gasteiger partial charge in [0.15, 0.2) is 11.5 Å². The molecule has 0 heterocycles. The summed E-state index contributed by atoms with van der Waals surface area (Å²) in [4.78, 5) is 48.2. The minimum absolute atomic E-state index is 0.0201. The number of carbonyl (C=O) groups excluding carboxylic acids is 3. The zero-order valence-corrected chi connectivity index (χ0v) is 21.9. The molecule has 3 atom stereocenters. The van der Waals surface area contributed by atoms with Gasteiger partial charge in [0.2, 0.25) is 0 Å². The number of hydrogen-bond donors (Lipinski definition) is 2. The molecular weight excluding hydrogens is 470 g/mol. The van der Waals surface area contributed by atoms with E-state index in [0.29, 0.717) is 12.0 Å². The molecule has 0 aliphatic heterocycles. The van der Waals surface area contributed by atoms with Crippen LogP contribution in [-0.2, 0) is 23.9 Å². The lowest BCUT2D eigenvalue weighted by molar-refractivity contribution is -0.139. The Morgan fingerprint density at radius 1 is 0.889 bits per heavy atom. The van der Waals surface area contributed by atoms with Crippen LogP contribution in [0.25, 0.3) is 0 Å². The minimum atomic E-state index is -1.36. The van der Waals surface area contributed by atoms with Crippen LogP contribution in [0.15, 0.2) is 18.2 Å². The highest BCUT2D eigenvalue weighted by molar-refractivity contribution is 5.77. The average Bonchev–Trinajstić information content (AvgIpc) is 2.76. The quantitative estimate of drug-likeness (QED) is 0.274. The summed E-state index contributed by atoms with van der Waals surface area (Å²) in [5, 5.41) is 9.62. The maximum Gasteiger partial charge on any atom is 0.508 e. The van der Waals surface area contributed by atoms with Gasteiger partial charge in [0.25, 0.3) is 0 Å². The van der Waals surface area contributed by atoms with Crippen LogP contribution in [0.5, 0.6) is 11.5 Å². The molecule has 0 aliphatic carbocycles. The van der Waals surface area contributed by atoms with E-state index in [1.54, 1.807) is 13.0 Å². The maximum absolute atomic E-state index is 12.4. The summed E-state index contributed by atoms with van der Waals surface area (Å²) < 4.78 is 21.0. The molecule has 0 amide bonds. The Labute approximate surface area is 212 Å². The lowest BCUT2D eigenvalue weighted by Gasteiger charge is -2.28. The van der Waals surface area contributed by atoms with Crippen LogP contribution in [0, 0.1) is 17.8 Å². The van der Waals surface area contributed by atoms with Crippen molar-refractivity contribution in [2.24, 2.45) is 23.5 Å². The first-order valence-electron chi connectivity index (χ1n) is 12.2. The summed E-state index contributed by atoms with van der Waals surface area (Å²) in [5.41, 5.74) is 6.42. The Kier molecular flexibility index (Phi) is 12.9. The second-order valence-corrected chi connectivity index (χ2v) is 9.63. The van der Waals surface area contributed by atoms with E-state index in [4.69, 9.17) is 24.7 Å². The molecule has 1 aromatic carbocycles. The Morgan fingerprint density at radius 3 is 1.94 bits per heavy atom. The van der Waals surface area contributed by atoms with E-state index >= 15 is 0 Å². The summed E-state index contributed by atoms with van der Waals surface area (Å²) >= 11 is 0. The highest BCUT2D eigenvalue weighted by atomic mass is 16.7. The molecule has 10 heteroatoms. The topological polar surface area (TPSA) is 151 Å². The number of aliphatic carboxylic acids is 1. The van der Waals surface area contributed by atoms with Crippen LogP contribution in [0.4, 0.5) is 4.79 Å². The summed E-state index contributed by atoms with van der Waals surface area (Å²) in [6.07, 6.45) is 0.0629. The maximum atomic E-state index is 12.4. The van der Waals surface area contributed by atoms with Gasteiger partial charge in [-0.3, -0.25) is 14.4 Å². The molecule has 0 saturated heterocycles. The molecule has 0 fully saturated rings. The van der Waals surface area contributed by atoms with Gasteiger partial charge < -0.3 is 29.8 Å². The van der Waals surface area contributed by atoms with Crippen LogP contribution in [0.2, 0.25) is 0 Å². The first kappa shape index (κ1) is 30.9. The highest BCUT2D eigenvalue weighted by Gasteiger charge is 2.33. The number of rotatable bonds is 14. The molecule has 3 N–H and O–H groups in total. The number of hydrogen-bond acceptors (Lipinski definition) is 9. The first-order chi connectivity index (χ1) is 16.8. The normalized spacial score (nSPS) is 13.6. The average molecular weight is 510 g/mol. The molecule has 0 aromatic heterocycles. The number of esters is 2. The number of carboxylic acid groups (broad SMARTS) is 1. The van der Waals surface area contributed by atoms with Gasteiger partial charge in [0.1, 0.15) is 6.04 Å². The smallest absolute Gasteiger partial charge is 0.480 e. The fourth-order valence-corrected chi connectivity index (χ4v) is 3.46. The van der Waals surface area contributed by atoms with Crippen molar-refractivity contribution in [1.29, 1.82) is 0 Å². The molecule has 0 aliphatic rings. The van der Waals surface area contributed by atoms with E-state index < -0.39 is 41.9 Å². The third-order valence-corrected chi connectivity index (χ3v) is 5.12. The first-order valence-corrected chi connectivity index (χ1v) is 12.2. The SMILES string of the molecule is CCCOC(=O)OCC(C)C(c1ccc(OC(=O)CC(C)C)c(OC(=O)CC(C)C)c1)[C@H](N)C(=O)O. The molecule has 202 valence electrons. The van der Waals surface area contributed by atoms with Gasteiger partial charge >= 0.3 is 24.1 Å². The molecule has 2 unspecified atom stereocenters. The van der Waals surface area contributed by atoms with Crippen molar-refractivity contribution < 1.29 is 43.2 Å². The number of carbonyl (C=O) groups is 4. The fraction of sp³-hybridized carbons (Fsp3) is 0.615. The van der Waals surface area contributed by atoms with E-state index in [9.17, 15) is 24.3 Å². The van der Waals surface area contributed by atoms with E-state index in [-0.39, 0.29) is 49.4 Å². The fourth-order valence-electron chi connectivity index (χ4n) is 3.46. The van der Waals surface area contributed by atoms with Crippen LogP contribution in [-0.4, -0.2) is 48.4 Å². The lowest BCUT2D eigenvalue weighted by Crippen LogP contribution is -2.40. The second-order valence-electron chi connectivity index (χ2n) is 9.63. The minimum Gasteiger partial charge on any atom is -0.480 e. The van der Waals surface area contributed by atoms with E-state index in [1.165, 1.54) is 12.1 Å². The van der Waals surface area contributed by atoms with Gasteiger partial charge in [-0.1, -0.05) is 47.6 Å². The number of ether oxygens (including phenoxy) is 4. The largest absolute Gasteiger partial charge is 0.508 e. The van der Waals surface area contributed by atoms with Gasteiger partial charge in [0, 0.05) is 18.8 Å². The van der Waals surface area contributed by atoms with Gasteiger partial charge in [-0.2, -0.15) is 0 Å². The number of benzene rings is 1. The molecule has 0 spiro atoms. The Morgan fingerprint density at radius 2 is 1.44 bits per heavy atom. The van der Waals surface area contributed by atoms with E-state index in [0.717, 1.165) is 0 Å². The summed E-state index contributed by atoms with van der Waals surface area (Å²) in [6, 6.07) is 3.08. The molecule has 1 aromatic rings. The molecule has 0 saturated carbocycles. The standard InChI is InChI=1S/C26H39NO9/c1-7-10-33-26(32)34-14-17(6)23(24(27)25(30)31)18-8-9-19(35-21(28)11-15(2)3)20(13-18)36-22(29)12-16(4)5/h8-9,13,15-17,23-24H,7,10-12,14,27H2,1-6H3,(H,30,31)/t17?,23?,24-/m0/s1. The van der Waals surface area contributed by atoms with Crippen LogP contribution >= 0.6 is 0 Å². The van der Waals surface area contributed by atoms with Crippen molar-refractivity contribution in [1.82, 2.24) is 0 Å². The molecular formula is C26H39NO9. The predicted octanol–water partition coefficient (Wildman–Crippen LogP) is 4.28. The monoisotopic (exact) mass is 509 g/mol. The number of nitrogens with two attached hydrogens (primary N) is 1. The third-order valence-electron chi connectivity index (χ3n) is 5.12. The van der Waals surface area contributed by atoms with Gasteiger partial charge in [-0.05, 0) is 41.9 Å². The zero-order chi connectivity index (χ0) is 27.4. The van der Waals surface area contributed by atoms with Crippen molar-refractivity contribution in [3.05, 3.63) is 23.8 Å². The molecule has 0 radical (unpaired) electrons. The van der Waals surface area contributed by atoms with Crippen molar-refractivity contribution in [2.75, 3.05) is 13.2 Å². The van der Waals surface area contributed by atoms with Crippen molar-refractivity contribution in [2.45, 2.75) is 72.8 Å². The molecule has 1 rings (SSSR count). The Balaban J connectivity index is 3.32. The molecule has 0 bridgehead atoms. The molecule has 10 nitrogen and oxygen atoms in total. The van der Waals surface area contributed by atoms with Crippen molar-refractivity contribution >= 4 is 24.1 Å². The van der Waals surface area contributed by atoms with Crippen LogP contribution < -0.4 is 15.2 Å². The summed E-state index contributed by atoms with van der Waals surface area (Å²) in [7, 11) is 0.